The minimum absolute atomic E-state index is 0.384. The Morgan fingerprint density at radius 3 is 2.30 bits per heavy atom. The van der Waals surface area contributed by atoms with Crippen molar-refractivity contribution in [2.45, 2.75) is 13.8 Å². The van der Waals surface area contributed by atoms with Crippen molar-refractivity contribution in [1.82, 2.24) is 9.97 Å². The second-order valence-electron chi connectivity index (χ2n) is 4.85. The molecule has 3 aromatic rings. The maximum Gasteiger partial charge on any atom is 0.161 e. The average Bonchev–Trinajstić information content (AvgIpc) is 2.37. The van der Waals surface area contributed by atoms with Gasteiger partial charge in [0.2, 0.25) is 0 Å². The first kappa shape index (κ1) is 13.3. The molecule has 3 rings (SSSR count). The predicted octanol–water partition coefficient (Wildman–Crippen LogP) is 5.22. The molecule has 1 heterocycles. The lowest BCUT2D eigenvalue weighted by atomic mass is 10.1. The number of rotatable bonds is 1. The maximum atomic E-state index is 6.26. The van der Waals surface area contributed by atoms with E-state index >= 15 is 0 Å². The lowest BCUT2D eigenvalue weighted by Gasteiger charge is -2.07. The standard InChI is InChI=1S/C16H12Cl2N2/c1-9-6-10(2)8-11(7-9)16-19-13-5-3-4-12(17)14(13)15(18)20-16/h3-8H,1-2H3. The van der Waals surface area contributed by atoms with Gasteiger partial charge in [-0.2, -0.15) is 0 Å². The Bertz CT molecular complexity index is 793. The number of aryl methyl sites for hydroxylation is 2. The van der Waals surface area contributed by atoms with Gasteiger partial charge in [-0.25, -0.2) is 9.97 Å². The molecule has 2 nitrogen and oxygen atoms in total. The summed E-state index contributed by atoms with van der Waals surface area (Å²) in [5.74, 6) is 0.622. The minimum atomic E-state index is 0.384. The lowest BCUT2D eigenvalue weighted by molar-refractivity contribution is 1.22. The van der Waals surface area contributed by atoms with E-state index in [1.807, 2.05) is 12.1 Å². The third kappa shape index (κ3) is 2.37. The molecule has 0 amide bonds. The average molecular weight is 303 g/mol. The highest BCUT2D eigenvalue weighted by Crippen LogP contribution is 2.30. The van der Waals surface area contributed by atoms with Crippen LogP contribution in [0.25, 0.3) is 22.3 Å². The smallest absolute Gasteiger partial charge is 0.161 e. The van der Waals surface area contributed by atoms with E-state index in [2.05, 4.69) is 42.0 Å². The molecule has 1 aromatic heterocycles. The predicted molar refractivity (Wildman–Crippen MR) is 84.5 cm³/mol. The quantitative estimate of drug-likeness (QED) is 0.576. The lowest BCUT2D eigenvalue weighted by Crippen LogP contribution is -1.93. The number of nitrogens with zero attached hydrogens (tertiary/aromatic N) is 2. The summed E-state index contributed by atoms with van der Waals surface area (Å²) in [6.45, 7) is 4.10. The van der Waals surface area contributed by atoms with E-state index in [1.54, 1.807) is 6.07 Å². The van der Waals surface area contributed by atoms with E-state index in [4.69, 9.17) is 23.2 Å². The van der Waals surface area contributed by atoms with Gasteiger partial charge in [0.15, 0.2) is 5.82 Å². The molecule has 0 spiro atoms. The van der Waals surface area contributed by atoms with Gasteiger partial charge in [0.1, 0.15) is 5.15 Å². The largest absolute Gasteiger partial charge is 0.228 e. The number of benzene rings is 2. The molecule has 0 aliphatic carbocycles. The summed E-state index contributed by atoms with van der Waals surface area (Å²) in [7, 11) is 0. The van der Waals surface area contributed by atoms with Crippen molar-refractivity contribution in [2.24, 2.45) is 0 Å². The van der Waals surface area contributed by atoms with E-state index in [0.29, 0.717) is 21.4 Å². The second kappa shape index (κ2) is 5.04. The van der Waals surface area contributed by atoms with Crippen LogP contribution in [-0.2, 0) is 0 Å². The highest BCUT2D eigenvalue weighted by molar-refractivity contribution is 6.41. The zero-order valence-electron chi connectivity index (χ0n) is 11.1. The third-order valence-electron chi connectivity index (χ3n) is 3.11. The molecule has 100 valence electrons. The fourth-order valence-corrected chi connectivity index (χ4v) is 2.92. The Morgan fingerprint density at radius 2 is 1.60 bits per heavy atom. The van der Waals surface area contributed by atoms with Gasteiger partial charge >= 0.3 is 0 Å². The van der Waals surface area contributed by atoms with Gasteiger partial charge < -0.3 is 0 Å². The highest BCUT2D eigenvalue weighted by atomic mass is 35.5. The van der Waals surface area contributed by atoms with Crippen molar-refractivity contribution in [2.75, 3.05) is 0 Å². The monoisotopic (exact) mass is 302 g/mol. The van der Waals surface area contributed by atoms with Crippen molar-refractivity contribution >= 4 is 34.1 Å². The van der Waals surface area contributed by atoms with Crippen LogP contribution in [0, 0.1) is 13.8 Å². The van der Waals surface area contributed by atoms with Crippen molar-refractivity contribution < 1.29 is 0 Å². The summed E-state index contributed by atoms with van der Waals surface area (Å²) in [6, 6.07) is 11.8. The van der Waals surface area contributed by atoms with E-state index in [0.717, 1.165) is 11.1 Å². The first-order chi connectivity index (χ1) is 9.54. The zero-order valence-corrected chi connectivity index (χ0v) is 12.6. The topological polar surface area (TPSA) is 25.8 Å². The molecule has 20 heavy (non-hydrogen) atoms. The first-order valence-corrected chi connectivity index (χ1v) is 7.00. The Kier molecular flexibility index (Phi) is 3.36. The molecule has 0 saturated carbocycles. The van der Waals surface area contributed by atoms with Crippen LogP contribution in [0.1, 0.15) is 11.1 Å². The molecule has 0 fully saturated rings. The molecule has 2 aromatic carbocycles. The Morgan fingerprint density at radius 1 is 0.900 bits per heavy atom. The summed E-state index contributed by atoms with van der Waals surface area (Å²) < 4.78 is 0. The number of fused-ring (bicyclic) bond motifs is 1. The van der Waals surface area contributed by atoms with Crippen LogP contribution in [0.5, 0.6) is 0 Å². The molecular formula is C16H12Cl2N2. The summed E-state index contributed by atoms with van der Waals surface area (Å²) in [4.78, 5) is 8.95. The fourth-order valence-electron chi connectivity index (χ4n) is 2.33. The highest BCUT2D eigenvalue weighted by Gasteiger charge is 2.11. The summed E-state index contributed by atoms with van der Waals surface area (Å²) in [6.07, 6.45) is 0. The molecule has 0 atom stereocenters. The van der Waals surface area contributed by atoms with Crippen LogP contribution in [0.4, 0.5) is 0 Å². The second-order valence-corrected chi connectivity index (χ2v) is 5.61. The Balaban J connectivity index is 2.27. The number of aromatic nitrogens is 2. The molecule has 4 heteroatoms. The minimum Gasteiger partial charge on any atom is -0.228 e. The van der Waals surface area contributed by atoms with E-state index in [-0.39, 0.29) is 0 Å². The number of hydrogen-bond donors (Lipinski definition) is 0. The first-order valence-electron chi connectivity index (χ1n) is 6.25. The van der Waals surface area contributed by atoms with E-state index < -0.39 is 0 Å². The van der Waals surface area contributed by atoms with Crippen LogP contribution in [0.15, 0.2) is 36.4 Å². The molecule has 0 bridgehead atoms. The van der Waals surface area contributed by atoms with Gasteiger partial charge in [0, 0.05) is 5.56 Å². The normalized spacial score (nSPS) is 11.0. The van der Waals surface area contributed by atoms with Crippen molar-refractivity contribution in [1.29, 1.82) is 0 Å². The summed E-state index contributed by atoms with van der Waals surface area (Å²) in [5.41, 5.74) is 4.06. The van der Waals surface area contributed by atoms with Gasteiger partial charge in [-0.1, -0.05) is 46.5 Å². The van der Waals surface area contributed by atoms with Gasteiger partial charge in [0.25, 0.3) is 0 Å². The SMILES string of the molecule is Cc1cc(C)cc(-c2nc(Cl)c3c(Cl)cccc3n2)c1. The van der Waals surface area contributed by atoms with Crippen LogP contribution < -0.4 is 0 Å². The van der Waals surface area contributed by atoms with Crippen molar-refractivity contribution in [3.63, 3.8) is 0 Å². The Hall–Kier alpha value is -1.64. The van der Waals surface area contributed by atoms with Crippen LogP contribution in [0.2, 0.25) is 10.2 Å². The van der Waals surface area contributed by atoms with Crippen LogP contribution in [0.3, 0.4) is 0 Å². The fraction of sp³-hybridized carbons (Fsp3) is 0.125. The zero-order chi connectivity index (χ0) is 14.3. The molecule has 0 aliphatic heterocycles. The van der Waals surface area contributed by atoms with Gasteiger partial charge in [-0.15, -0.1) is 0 Å². The number of halogens is 2. The number of hydrogen-bond acceptors (Lipinski definition) is 2. The van der Waals surface area contributed by atoms with Crippen molar-refractivity contribution in [3.05, 3.63) is 57.7 Å². The van der Waals surface area contributed by atoms with E-state index in [9.17, 15) is 0 Å². The van der Waals surface area contributed by atoms with Gasteiger partial charge in [0.05, 0.1) is 15.9 Å². The molecule has 0 saturated heterocycles. The van der Waals surface area contributed by atoms with Crippen LogP contribution >= 0.6 is 23.2 Å². The van der Waals surface area contributed by atoms with Gasteiger partial charge in [-0.3, -0.25) is 0 Å². The van der Waals surface area contributed by atoms with Gasteiger partial charge in [-0.05, 0) is 38.1 Å². The third-order valence-corrected chi connectivity index (χ3v) is 3.70. The van der Waals surface area contributed by atoms with E-state index in [1.165, 1.54) is 11.1 Å². The Labute approximate surface area is 127 Å². The van der Waals surface area contributed by atoms with Crippen LogP contribution in [-0.4, -0.2) is 9.97 Å². The van der Waals surface area contributed by atoms with Crippen molar-refractivity contribution in [3.8, 4) is 11.4 Å². The summed E-state index contributed by atoms with van der Waals surface area (Å²) in [5, 5.41) is 1.65. The molecule has 0 aliphatic rings. The summed E-state index contributed by atoms with van der Waals surface area (Å²) >= 11 is 12.4. The molecular weight excluding hydrogens is 291 g/mol. The molecule has 0 unspecified atom stereocenters. The molecule has 0 N–H and O–H groups in total. The maximum absolute atomic E-state index is 6.26. The molecule has 0 radical (unpaired) electrons.